The molecule has 2 rings (SSSR count). The average molecular weight is 229 g/mol. The predicted octanol–water partition coefficient (Wildman–Crippen LogP) is 2.86. The number of hydrogen-bond acceptors (Lipinski definition) is 3. The van der Waals surface area contributed by atoms with Gasteiger partial charge in [-0.15, -0.1) is 11.3 Å². The van der Waals surface area contributed by atoms with Crippen molar-refractivity contribution >= 4 is 11.3 Å². The van der Waals surface area contributed by atoms with Crippen molar-refractivity contribution in [2.24, 2.45) is 0 Å². The Labute approximate surface area is 98.9 Å². The minimum Gasteiger partial charge on any atom is -0.497 e. The molecule has 0 spiro atoms. The van der Waals surface area contributed by atoms with E-state index >= 15 is 0 Å². The van der Waals surface area contributed by atoms with Gasteiger partial charge in [0.1, 0.15) is 5.75 Å². The van der Waals surface area contributed by atoms with Crippen LogP contribution in [0.3, 0.4) is 0 Å². The zero-order valence-electron chi connectivity index (χ0n) is 9.15. The first-order valence-corrected chi connectivity index (χ1v) is 5.68. The molecule has 1 aromatic heterocycles. The maximum atomic E-state index is 5.08. The smallest absolute Gasteiger partial charge is 0.118 e. The minimum atomic E-state index is 0.846. The lowest BCUT2D eigenvalue weighted by atomic mass is 10.2. The highest BCUT2D eigenvalue weighted by Crippen LogP contribution is 2.12. The van der Waals surface area contributed by atoms with E-state index in [2.05, 4.69) is 16.8 Å². The van der Waals surface area contributed by atoms with Crippen LogP contribution in [0.1, 0.15) is 15.4 Å². The second-order valence-corrected chi connectivity index (χ2v) is 4.46. The molecular weight excluding hydrogens is 218 g/mol. The molecule has 2 nitrogen and oxygen atoms in total. The summed E-state index contributed by atoms with van der Waals surface area (Å²) in [6, 6.07) is 7.70. The molecule has 80 valence electrons. The summed E-state index contributed by atoms with van der Waals surface area (Å²) in [6.45, 7) is 1.98. The van der Waals surface area contributed by atoms with Crippen LogP contribution in [0, 0.1) is 18.8 Å². The molecule has 2 aromatic rings. The van der Waals surface area contributed by atoms with Gasteiger partial charge in [-0.1, -0.05) is 5.92 Å². The van der Waals surface area contributed by atoms with Crippen molar-refractivity contribution in [3.63, 3.8) is 0 Å². The number of thiazole rings is 1. The van der Waals surface area contributed by atoms with Crippen LogP contribution in [0.15, 0.2) is 30.5 Å². The number of aromatic nitrogens is 1. The monoisotopic (exact) mass is 229 g/mol. The molecule has 0 bridgehead atoms. The maximum Gasteiger partial charge on any atom is 0.118 e. The highest BCUT2D eigenvalue weighted by molar-refractivity contribution is 7.12. The Balaban J connectivity index is 2.17. The van der Waals surface area contributed by atoms with E-state index in [1.807, 2.05) is 31.2 Å². The van der Waals surface area contributed by atoms with E-state index in [9.17, 15) is 0 Å². The van der Waals surface area contributed by atoms with Gasteiger partial charge in [0.2, 0.25) is 0 Å². The second-order valence-electron chi connectivity index (χ2n) is 3.22. The van der Waals surface area contributed by atoms with Gasteiger partial charge in [-0.05, 0) is 37.1 Å². The number of benzene rings is 1. The fraction of sp³-hybridized carbons (Fsp3) is 0.154. The summed E-state index contributed by atoms with van der Waals surface area (Å²) in [5.74, 6) is 7.02. The highest BCUT2D eigenvalue weighted by Gasteiger charge is 1.93. The summed E-state index contributed by atoms with van der Waals surface area (Å²) in [7, 11) is 1.65. The lowest BCUT2D eigenvalue weighted by molar-refractivity contribution is 0.415. The van der Waals surface area contributed by atoms with Crippen LogP contribution >= 0.6 is 11.3 Å². The molecule has 0 aliphatic carbocycles. The quantitative estimate of drug-likeness (QED) is 0.701. The molecule has 0 unspecified atom stereocenters. The van der Waals surface area contributed by atoms with Gasteiger partial charge in [0.05, 0.1) is 23.2 Å². The Morgan fingerprint density at radius 1 is 1.19 bits per heavy atom. The van der Waals surface area contributed by atoms with Crippen molar-refractivity contribution in [2.45, 2.75) is 6.92 Å². The number of hydrogen-bond donors (Lipinski definition) is 0. The van der Waals surface area contributed by atoms with Crippen LogP contribution in [-0.2, 0) is 0 Å². The third kappa shape index (κ3) is 2.62. The Morgan fingerprint density at radius 2 is 1.94 bits per heavy atom. The molecule has 0 atom stereocenters. The van der Waals surface area contributed by atoms with Crippen molar-refractivity contribution in [3.8, 4) is 17.6 Å². The Bertz CT molecular complexity index is 531. The standard InChI is InChI=1S/C13H11NOS/c1-10-14-9-13(16-10)8-5-11-3-6-12(15-2)7-4-11/h3-4,6-7,9H,1-2H3. The minimum absolute atomic E-state index is 0.846. The molecule has 0 radical (unpaired) electrons. The van der Waals surface area contributed by atoms with Crippen molar-refractivity contribution in [3.05, 3.63) is 45.9 Å². The summed E-state index contributed by atoms with van der Waals surface area (Å²) >= 11 is 1.61. The first-order chi connectivity index (χ1) is 7.78. The summed E-state index contributed by atoms with van der Waals surface area (Å²) in [6.07, 6.45) is 1.80. The van der Waals surface area contributed by atoms with E-state index < -0.39 is 0 Å². The van der Waals surface area contributed by atoms with Crippen molar-refractivity contribution in [1.82, 2.24) is 4.98 Å². The molecular formula is C13H11NOS. The first kappa shape index (κ1) is 10.7. The fourth-order valence-electron chi connectivity index (χ4n) is 1.23. The Kier molecular flexibility index (Phi) is 3.23. The van der Waals surface area contributed by atoms with Gasteiger partial charge in [0, 0.05) is 5.56 Å². The average Bonchev–Trinajstić information content (AvgIpc) is 2.73. The lowest BCUT2D eigenvalue weighted by Crippen LogP contribution is -1.81. The van der Waals surface area contributed by atoms with E-state index in [1.54, 1.807) is 24.6 Å². The zero-order valence-corrected chi connectivity index (χ0v) is 9.97. The number of rotatable bonds is 1. The largest absolute Gasteiger partial charge is 0.497 e. The van der Waals surface area contributed by atoms with E-state index in [-0.39, 0.29) is 0 Å². The normalized spacial score (nSPS) is 9.38. The van der Waals surface area contributed by atoms with E-state index in [1.165, 1.54) is 0 Å². The molecule has 0 N–H and O–H groups in total. The third-order valence-corrected chi connectivity index (χ3v) is 2.87. The molecule has 3 heteroatoms. The van der Waals surface area contributed by atoms with Crippen LogP contribution in [0.25, 0.3) is 0 Å². The number of ether oxygens (including phenoxy) is 1. The number of methoxy groups -OCH3 is 1. The Morgan fingerprint density at radius 3 is 2.50 bits per heavy atom. The highest BCUT2D eigenvalue weighted by atomic mass is 32.1. The number of aryl methyl sites for hydroxylation is 1. The molecule has 0 amide bonds. The second kappa shape index (κ2) is 4.82. The van der Waals surface area contributed by atoms with Gasteiger partial charge < -0.3 is 4.74 Å². The van der Waals surface area contributed by atoms with E-state index in [0.717, 1.165) is 21.2 Å². The molecule has 16 heavy (non-hydrogen) atoms. The maximum absolute atomic E-state index is 5.08. The SMILES string of the molecule is COc1ccc(C#Cc2cnc(C)s2)cc1. The molecule has 1 heterocycles. The van der Waals surface area contributed by atoms with Gasteiger partial charge >= 0.3 is 0 Å². The Hall–Kier alpha value is -1.79. The molecule has 0 aliphatic rings. The van der Waals surface area contributed by atoms with E-state index in [0.29, 0.717) is 0 Å². The lowest BCUT2D eigenvalue weighted by Gasteiger charge is -1.97. The van der Waals surface area contributed by atoms with Crippen LogP contribution in [0.5, 0.6) is 5.75 Å². The molecule has 0 fully saturated rings. The molecule has 0 saturated carbocycles. The third-order valence-electron chi connectivity index (χ3n) is 2.04. The van der Waals surface area contributed by atoms with Crippen LogP contribution in [0.4, 0.5) is 0 Å². The summed E-state index contributed by atoms with van der Waals surface area (Å²) < 4.78 is 5.08. The van der Waals surface area contributed by atoms with Gasteiger partial charge in [0.25, 0.3) is 0 Å². The number of nitrogens with zero attached hydrogens (tertiary/aromatic N) is 1. The topological polar surface area (TPSA) is 22.1 Å². The van der Waals surface area contributed by atoms with Gasteiger partial charge in [0.15, 0.2) is 0 Å². The molecule has 0 aliphatic heterocycles. The van der Waals surface area contributed by atoms with Crippen LogP contribution in [-0.4, -0.2) is 12.1 Å². The van der Waals surface area contributed by atoms with Crippen LogP contribution in [0.2, 0.25) is 0 Å². The molecule has 1 aromatic carbocycles. The van der Waals surface area contributed by atoms with Gasteiger partial charge in [-0.25, -0.2) is 4.98 Å². The fourth-order valence-corrected chi connectivity index (χ4v) is 1.86. The zero-order chi connectivity index (χ0) is 11.4. The first-order valence-electron chi connectivity index (χ1n) is 4.86. The van der Waals surface area contributed by atoms with E-state index in [4.69, 9.17) is 4.74 Å². The van der Waals surface area contributed by atoms with Crippen molar-refractivity contribution in [2.75, 3.05) is 7.11 Å². The van der Waals surface area contributed by atoms with Gasteiger partial charge in [-0.2, -0.15) is 0 Å². The summed E-state index contributed by atoms with van der Waals surface area (Å²) in [5, 5.41) is 1.04. The van der Waals surface area contributed by atoms with Crippen LogP contribution < -0.4 is 4.74 Å². The predicted molar refractivity (Wildman–Crippen MR) is 65.8 cm³/mol. The van der Waals surface area contributed by atoms with Crippen molar-refractivity contribution < 1.29 is 4.74 Å². The van der Waals surface area contributed by atoms with Gasteiger partial charge in [-0.3, -0.25) is 0 Å². The summed E-state index contributed by atoms with van der Waals surface area (Å²) in [5.41, 5.74) is 0.979. The molecule has 0 saturated heterocycles. The van der Waals surface area contributed by atoms with Crippen molar-refractivity contribution in [1.29, 1.82) is 0 Å². The summed E-state index contributed by atoms with van der Waals surface area (Å²) in [4.78, 5) is 5.15.